The van der Waals surface area contributed by atoms with Gasteiger partial charge in [0.15, 0.2) is 12.2 Å². The van der Waals surface area contributed by atoms with Gasteiger partial charge in [0.2, 0.25) is 0 Å². The van der Waals surface area contributed by atoms with Crippen molar-refractivity contribution >= 4 is 39.5 Å². The van der Waals surface area contributed by atoms with Crippen molar-refractivity contribution in [3.8, 4) is 0 Å². The molecule has 0 aliphatic heterocycles. The molecule has 3 N–H and O–H groups in total. The van der Waals surface area contributed by atoms with Crippen LogP contribution in [-0.4, -0.2) is 96.7 Å². The summed E-state index contributed by atoms with van der Waals surface area (Å²) in [5.74, 6) is -2.10. The molecule has 0 radical (unpaired) electrons. The maximum atomic E-state index is 13.2. The number of aliphatic hydroxyl groups is 1. The van der Waals surface area contributed by atoms with E-state index in [4.69, 9.17) is 37.0 Å². The average molecular weight is 1550 g/mol. The highest BCUT2D eigenvalue weighted by Crippen LogP contribution is 2.45. The van der Waals surface area contributed by atoms with E-state index in [1.807, 2.05) is 0 Å². The summed E-state index contributed by atoms with van der Waals surface area (Å²) in [6, 6.07) is 0. The fourth-order valence-corrected chi connectivity index (χ4v) is 15.3. The van der Waals surface area contributed by atoms with Gasteiger partial charge in [-0.2, -0.15) is 0 Å². The fraction of sp³-hybridized carbons (Fsp3) is 0.954. The molecule has 0 saturated heterocycles. The number of aliphatic hydroxyl groups excluding tert-OH is 1. The summed E-state index contributed by atoms with van der Waals surface area (Å²) < 4.78 is 68.9. The number of phosphoric acid groups is 2. The van der Waals surface area contributed by atoms with E-state index in [-0.39, 0.29) is 25.7 Å². The van der Waals surface area contributed by atoms with Gasteiger partial charge in [-0.1, -0.05) is 426 Å². The Bertz CT molecular complexity index is 2000. The Labute approximate surface area is 651 Å². The lowest BCUT2D eigenvalue weighted by Gasteiger charge is -2.21. The number of hydrogen-bond acceptors (Lipinski definition) is 15. The first-order valence-electron chi connectivity index (χ1n) is 45.3. The molecular formula is C87H170O17P2. The van der Waals surface area contributed by atoms with E-state index >= 15 is 0 Å². The first kappa shape index (κ1) is 104. The van der Waals surface area contributed by atoms with Crippen LogP contribution >= 0.6 is 15.6 Å². The predicted octanol–water partition coefficient (Wildman–Crippen LogP) is 26.9. The maximum absolute atomic E-state index is 13.2. The van der Waals surface area contributed by atoms with E-state index in [2.05, 4.69) is 27.7 Å². The molecule has 0 heterocycles. The van der Waals surface area contributed by atoms with Gasteiger partial charge in [0.25, 0.3) is 0 Å². The third kappa shape index (κ3) is 80.1. The fourth-order valence-electron chi connectivity index (χ4n) is 13.7. The number of phosphoric ester groups is 2. The van der Waals surface area contributed by atoms with Crippen LogP contribution in [0.15, 0.2) is 0 Å². The first-order chi connectivity index (χ1) is 51.7. The van der Waals surface area contributed by atoms with Gasteiger partial charge in [-0.05, 0) is 25.7 Å². The second-order valence-electron chi connectivity index (χ2n) is 31.3. The molecule has 0 amide bonds. The van der Waals surface area contributed by atoms with Crippen LogP contribution in [0.5, 0.6) is 0 Å². The summed E-state index contributed by atoms with van der Waals surface area (Å²) in [6.45, 7) is 5.05. The van der Waals surface area contributed by atoms with Crippen LogP contribution in [0.3, 0.4) is 0 Å². The van der Waals surface area contributed by atoms with Crippen molar-refractivity contribution in [2.24, 2.45) is 0 Å². The summed E-state index contributed by atoms with van der Waals surface area (Å²) in [6.07, 6.45) is 76.5. The Morgan fingerprint density at radius 1 is 0.226 bits per heavy atom. The number of carbonyl (C=O) groups excluding carboxylic acids is 4. The molecule has 0 rings (SSSR count). The molecule has 5 atom stereocenters. The number of unbranched alkanes of at least 4 members (excludes halogenated alkanes) is 62. The quantitative estimate of drug-likeness (QED) is 0.0222. The van der Waals surface area contributed by atoms with Crippen LogP contribution in [0.25, 0.3) is 0 Å². The molecule has 0 bridgehead atoms. The van der Waals surface area contributed by atoms with Crippen LogP contribution in [0.1, 0.15) is 477 Å². The van der Waals surface area contributed by atoms with Gasteiger partial charge in [-0.15, -0.1) is 0 Å². The summed E-state index contributed by atoms with van der Waals surface area (Å²) in [7, 11) is -9.92. The lowest BCUT2D eigenvalue weighted by molar-refractivity contribution is -0.161. The van der Waals surface area contributed by atoms with Crippen molar-refractivity contribution in [2.45, 2.75) is 495 Å². The highest BCUT2D eigenvalue weighted by atomic mass is 31.2. The largest absolute Gasteiger partial charge is 0.472 e. The Hall–Kier alpha value is -1.94. The second-order valence-corrected chi connectivity index (χ2v) is 34.2. The molecule has 0 fully saturated rings. The second kappa shape index (κ2) is 81.1. The third-order valence-electron chi connectivity index (χ3n) is 20.6. The van der Waals surface area contributed by atoms with Gasteiger partial charge < -0.3 is 33.8 Å². The number of hydrogen-bond donors (Lipinski definition) is 3. The van der Waals surface area contributed by atoms with Crippen molar-refractivity contribution in [3.63, 3.8) is 0 Å². The zero-order valence-corrected chi connectivity index (χ0v) is 71.2. The SMILES string of the molecule is CCCCCCCCCCCCCCCCCCCCCCCCC(=O)O[C@H](COC(=O)CCCCCCCCCCCCCCCCCCCCCC)COP(=O)(O)OC[C@@H](O)COP(=O)(O)OC[C@@H](COC(=O)CCCCCCCCCCCCC)OC(=O)CCCCCCCCCCCCCCC. The van der Waals surface area contributed by atoms with E-state index in [1.165, 1.54) is 308 Å². The minimum atomic E-state index is -4.97. The Morgan fingerprint density at radius 2 is 0.377 bits per heavy atom. The zero-order valence-electron chi connectivity index (χ0n) is 69.4. The summed E-state index contributed by atoms with van der Waals surface area (Å²) in [5.41, 5.74) is 0. The van der Waals surface area contributed by atoms with Crippen molar-refractivity contribution in [1.82, 2.24) is 0 Å². The van der Waals surface area contributed by atoms with Gasteiger partial charge in [0.05, 0.1) is 26.4 Å². The monoisotopic (exact) mass is 1550 g/mol. The molecule has 2 unspecified atom stereocenters. The zero-order chi connectivity index (χ0) is 77.4. The summed E-state index contributed by atoms with van der Waals surface area (Å²) in [5, 5.41) is 10.7. The molecule has 630 valence electrons. The summed E-state index contributed by atoms with van der Waals surface area (Å²) >= 11 is 0. The highest BCUT2D eigenvalue weighted by molar-refractivity contribution is 7.47. The van der Waals surface area contributed by atoms with Gasteiger partial charge in [-0.3, -0.25) is 37.3 Å². The average Bonchev–Trinajstić information content (AvgIpc) is 0.900. The Kier molecular flexibility index (Phi) is 79.6. The normalized spacial score (nSPS) is 13.7. The Balaban J connectivity index is 5.21. The molecular weight excluding hydrogens is 1380 g/mol. The molecule has 0 aromatic heterocycles. The van der Waals surface area contributed by atoms with Gasteiger partial charge >= 0.3 is 39.5 Å². The number of rotatable bonds is 88. The maximum Gasteiger partial charge on any atom is 0.472 e. The molecule has 0 aromatic rings. The van der Waals surface area contributed by atoms with Crippen LogP contribution < -0.4 is 0 Å². The predicted molar refractivity (Wildman–Crippen MR) is 437 cm³/mol. The minimum absolute atomic E-state index is 0.109. The van der Waals surface area contributed by atoms with E-state index in [0.29, 0.717) is 25.7 Å². The third-order valence-corrected chi connectivity index (χ3v) is 22.5. The number of ether oxygens (including phenoxy) is 4. The van der Waals surface area contributed by atoms with E-state index in [1.54, 1.807) is 0 Å². The van der Waals surface area contributed by atoms with Gasteiger partial charge in [0.1, 0.15) is 19.3 Å². The van der Waals surface area contributed by atoms with Crippen LogP contribution in [0, 0.1) is 0 Å². The van der Waals surface area contributed by atoms with E-state index in [9.17, 15) is 43.2 Å². The number of esters is 4. The van der Waals surface area contributed by atoms with E-state index in [0.717, 1.165) is 89.9 Å². The van der Waals surface area contributed by atoms with Crippen molar-refractivity contribution in [3.05, 3.63) is 0 Å². The molecule has 106 heavy (non-hydrogen) atoms. The van der Waals surface area contributed by atoms with Gasteiger partial charge in [-0.25, -0.2) is 9.13 Å². The summed E-state index contributed by atoms with van der Waals surface area (Å²) in [4.78, 5) is 73.2. The molecule has 0 aliphatic rings. The molecule has 19 heteroatoms. The lowest BCUT2D eigenvalue weighted by atomic mass is 10.0. The minimum Gasteiger partial charge on any atom is -0.462 e. The van der Waals surface area contributed by atoms with Crippen LogP contribution in [0.2, 0.25) is 0 Å². The smallest absolute Gasteiger partial charge is 0.462 e. The molecule has 0 aliphatic carbocycles. The molecule has 0 spiro atoms. The lowest BCUT2D eigenvalue weighted by Crippen LogP contribution is -2.30. The topological polar surface area (TPSA) is 237 Å². The Morgan fingerprint density at radius 3 is 0.557 bits per heavy atom. The van der Waals surface area contributed by atoms with Crippen molar-refractivity contribution in [1.29, 1.82) is 0 Å². The van der Waals surface area contributed by atoms with Crippen LogP contribution in [-0.2, 0) is 65.4 Å². The van der Waals surface area contributed by atoms with Crippen molar-refractivity contribution < 1.29 is 80.2 Å². The standard InChI is InChI=1S/C87H170O17P2/c1-5-9-13-17-21-25-29-32-34-36-38-40-41-43-45-47-50-54-58-62-66-70-74-87(92)104-83(78-98-85(90)72-68-64-60-56-52-49-46-44-42-39-37-35-33-30-26-22-18-14-10-6-2)80-102-106(95,96)100-76-81(88)75-99-105(93,94)101-79-82(77-97-84(89)71-67-63-59-55-51-28-24-20-16-12-8-4)103-86(91)73-69-65-61-57-53-48-31-27-23-19-15-11-7-3/h81-83,88H,5-80H2,1-4H3,(H,93,94)(H,95,96)/t81-,82+,83+/m0/s1. The van der Waals surface area contributed by atoms with Gasteiger partial charge in [0, 0.05) is 25.7 Å². The van der Waals surface area contributed by atoms with E-state index < -0.39 is 97.5 Å². The molecule has 0 aromatic carbocycles. The van der Waals surface area contributed by atoms with Crippen molar-refractivity contribution in [2.75, 3.05) is 39.6 Å². The van der Waals surface area contributed by atoms with Crippen LogP contribution in [0.4, 0.5) is 0 Å². The first-order valence-corrected chi connectivity index (χ1v) is 48.3. The molecule has 0 saturated carbocycles. The number of carbonyl (C=O) groups is 4. The molecule has 17 nitrogen and oxygen atoms in total. The highest BCUT2D eigenvalue weighted by Gasteiger charge is 2.30.